The van der Waals surface area contributed by atoms with Crippen molar-refractivity contribution in [2.45, 2.75) is 13.0 Å². The molecule has 0 radical (unpaired) electrons. The first-order chi connectivity index (χ1) is 13.2. The third kappa shape index (κ3) is 3.01. The first kappa shape index (κ1) is 19.0. The molecule has 12 heteroatoms. The minimum atomic E-state index is -1.37. The molecule has 1 aliphatic heterocycles. The van der Waals surface area contributed by atoms with Crippen molar-refractivity contribution in [3.05, 3.63) is 32.0 Å². The molecular formula is C16H14Cl2N4O5S. The van der Waals surface area contributed by atoms with Crippen LogP contribution in [0.5, 0.6) is 0 Å². The van der Waals surface area contributed by atoms with Crippen LogP contribution in [0, 0.1) is 18.8 Å². The Labute approximate surface area is 172 Å². The maximum atomic E-state index is 12.4. The van der Waals surface area contributed by atoms with Crippen molar-refractivity contribution in [3.63, 3.8) is 0 Å². The first-order valence-electron chi connectivity index (χ1n) is 8.25. The van der Waals surface area contributed by atoms with Gasteiger partial charge in [-0.3, -0.25) is 4.79 Å². The molecule has 3 heterocycles. The lowest BCUT2D eigenvalue weighted by atomic mass is 10.3. The van der Waals surface area contributed by atoms with E-state index in [4.69, 9.17) is 33.4 Å². The van der Waals surface area contributed by atoms with Gasteiger partial charge in [-0.1, -0.05) is 34.5 Å². The summed E-state index contributed by atoms with van der Waals surface area (Å²) in [4.78, 5) is 43.2. The van der Waals surface area contributed by atoms with Crippen LogP contribution in [0.4, 0.5) is 5.13 Å². The molecule has 148 valence electrons. The number of nitrogens with one attached hydrogen (secondary N) is 2. The van der Waals surface area contributed by atoms with Crippen molar-refractivity contribution < 1.29 is 24.6 Å². The first-order valence-corrected chi connectivity index (χ1v) is 9.83. The van der Waals surface area contributed by atoms with Gasteiger partial charge in [0.25, 0.3) is 5.91 Å². The molecule has 0 unspecified atom stereocenters. The molecule has 2 aromatic heterocycles. The van der Waals surface area contributed by atoms with E-state index >= 15 is 0 Å². The van der Waals surface area contributed by atoms with Crippen LogP contribution in [-0.2, 0) is 0 Å². The fourth-order valence-corrected chi connectivity index (χ4v) is 4.91. The van der Waals surface area contributed by atoms with Gasteiger partial charge in [0, 0.05) is 36.7 Å². The molecule has 1 aliphatic carbocycles. The van der Waals surface area contributed by atoms with Crippen molar-refractivity contribution in [1.82, 2.24) is 15.3 Å². The van der Waals surface area contributed by atoms with Gasteiger partial charge in [-0.2, -0.15) is 0 Å². The largest absolute Gasteiger partial charge is 0.477 e. The van der Waals surface area contributed by atoms with Crippen molar-refractivity contribution in [3.8, 4) is 0 Å². The number of hydrogen-bond donors (Lipinski definition) is 4. The molecule has 4 rings (SSSR count). The predicted molar refractivity (Wildman–Crippen MR) is 102 cm³/mol. The van der Waals surface area contributed by atoms with E-state index in [1.165, 1.54) is 0 Å². The van der Waals surface area contributed by atoms with Gasteiger partial charge < -0.3 is 25.4 Å². The highest BCUT2D eigenvalue weighted by Crippen LogP contribution is 2.48. The molecule has 0 spiro atoms. The number of carboxylic acid groups (broad SMARTS) is 2. The summed E-state index contributed by atoms with van der Waals surface area (Å²) in [6.45, 7) is 2.83. The maximum Gasteiger partial charge on any atom is 0.356 e. The summed E-state index contributed by atoms with van der Waals surface area (Å²) in [6, 6.07) is -0.0277. The Morgan fingerprint density at radius 3 is 2.29 bits per heavy atom. The fraction of sp³-hybridized carbons (Fsp3) is 0.375. The van der Waals surface area contributed by atoms with E-state index in [0.29, 0.717) is 28.9 Å². The molecule has 1 saturated heterocycles. The standard InChI is InChI=1S/C16H14Cl2N4O5S/c1-4-7(17)8(18)10(19-4)13(23)20-9-5-2-22(3-6(5)9)16-21-11(14(24)25)12(28-16)15(26)27/h5-6,9,19H,2-3H2,1H3,(H,20,23)(H,24,25)(H,26,27)/t5-,6+,9-. The van der Waals surface area contributed by atoms with E-state index in [0.717, 1.165) is 11.3 Å². The molecule has 2 aromatic rings. The number of anilines is 1. The molecule has 28 heavy (non-hydrogen) atoms. The number of thiazole rings is 1. The molecule has 3 atom stereocenters. The zero-order valence-corrected chi connectivity index (χ0v) is 16.7. The number of aromatic nitrogens is 2. The van der Waals surface area contributed by atoms with Crippen LogP contribution >= 0.6 is 34.5 Å². The highest BCUT2D eigenvalue weighted by atomic mass is 35.5. The lowest BCUT2D eigenvalue weighted by Gasteiger charge is -2.19. The van der Waals surface area contributed by atoms with Crippen LogP contribution in [0.15, 0.2) is 0 Å². The van der Waals surface area contributed by atoms with E-state index in [1.807, 2.05) is 4.90 Å². The van der Waals surface area contributed by atoms with Crippen LogP contribution in [0.25, 0.3) is 0 Å². The molecule has 9 nitrogen and oxygen atoms in total. The van der Waals surface area contributed by atoms with Crippen LogP contribution in [0.2, 0.25) is 10.0 Å². The van der Waals surface area contributed by atoms with E-state index in [9.17, 15) is 14.4 Å². The molecule has 4 N–H and O–H groups in total. The second-order valence-electron chi connectivity index (χ2n) is 6.77. The zero-order chi connectivity index (χ0) is 20.3. The van der Waals surface area contributed by atoms with Gasteiger partial charge in [0.15, 0.2) is 10.8 Å². The average molecular weight is 445 g/mol. The normalized spacial score (nSPS) is 22.8. The van der Waals surface area contributed by atoms with E-state index in [2.05, 4.69) is 15.3 Å². The topological polar surface area (TPSA) is 136 Å². The highest BCUT2D eigenvalue weighted by Gasteiger charge is 2.57. The van der Waals surface area contributed by atoms with Crippen LogP contribution in [-0.4, -0.2) is 57.2 Å². The van der Waals surface area contributed by atoms with Crippen LogP contribution in [0.1, 0.15) is 36.3 Å². The van der Waals surface area contributed by atoms with E-state index in [-0.39, 0.29) is 39.4 Å². The van der Waals surface area contributed by atoms with E-state index < -0.39 is 17.6 Å². The van der Waals surface area contributed by atoms with Crippen LogP contribution in [0.3, 0.4) is 0 Å². The molecule has 2 fully saturated rings. The SMILES string of the molecule is Cc1[nH]c(C(=O)N[C@@H]2[C@@H]3CN(c4nc(C(=O)O)c(C(=O)O)s4)C[C@@H]32)c(Cl)c1Cl. The van der Waals surface area contributed by atoms with Gasteiger partial charge in [-0.25, -0.2) is 14.6 Å². The molecule has 0 bridgehead atoms. The number of aromatic amines is 1. The number of rotatable bonds is 5. The Hall–Kier alpha value is -2.30. The summed E-state index contributed by atoms with van der Waals surface area (Å²) < 4.78 is 0. The van der Waals surface area contributed by atoms with Crippen molar-refractivity contribution in [1.29, 1.82) is 0 Å². The number of carbonyl (C=O) groups is 3. The number of carbonyl (C=O) groups excluding carboxylic acids is 1. The second kappa shape index (κ2) is 6.64. The molecular weight excluding hydrogens is 431 g/mol. The number of piperidine rings is 1. The quantitative estimate of drug-likeness (QED) is 0.555. The number of fused-ring (bicyclic) bond motifs is 1. The Morgan fingerprint density at radius 1 is 1.18 bits per heavy atom. The summed E-state index contributed by atoms with van der Waals surface area (Å²) in [5.41, 5.74) is 0.390. The Morgan fingerprint density at radius 2 is 1.82 bits per heavy atom. The number of halogens is 2. The summed E-state index contributed by atoms with van der Waals surface area (Å²) in [6.07, 6.45) is 0. The van der Waals surface area contributed by atoms with Gasteiger partial charge >= 0.3 is 11.9 Å². The monoisotopic (exact) mass is 444 g/mol. The van der Waals surface area contributed by atoms with Gasteiger partial charge in [0.1, 0.15) is 10.6 Å². The van der Waals surface area contributed by atoms with Crippen LogP contribution < -0.4 is 10.2 Å². The smallest absolute Gasteiger partial charge is 0.356 e. The number of nitrogens with zero attached hydrogens (tertiary/aromatic N) is 2. The molecule has 1 amide bonds. The summed E-state index contributed by atoms with van der Waals surface area (Å²) in [5, 5.41) is 22.1. The molecule has 1 saturated carbocycles. The van der Waals surface area contributed by atoms with Gasteiger partial charge in [0.05, 0.1) is 10.0 Å². The third-order valence-electron chi connectivity index (χ3n) is 5.06. The predicted octanol–water partition coefficient (Wildman–Crippen LogP) is 2.35. The Kier molecular flexibility index (Phi) is 4.52. The van der Waals surface area contributed by atoms with Crippen molar-refractivity contribution in [2.75, 3.05) is 18.0 Å². The zero-order valence-electron chi connectivity index (χ0n) is 14.3. The molecule has 2 aliphatic rings. The minimum absolute atomic E-state index is 0.0277. The second-order valence-corrected chi connectivity index (χ2v) is 8.50. The van der Waals surface area contributed by atoms with Crippen molar-refractivity contribution >= 4 is 57.5 Å². The summed E-state index contributed by atoms with van der Waals surface area (Å²) in [5.74, 6) is -2.65. The number of hydrogen-bond acceptors (Lipinski definition) is 6. The number of aromatic carboxylic acids is 2. The molecule has 0 aromatic carbocycles. The summed E-state index contributed by atoms with van der Waals surface area (Å²) >= 11 is 12.9. The van der Waals surface area contributed by atoms with E-state index in [1.54, 1.807) is 6.92 Å². The lowest BCUT2D eigenvalue weighted by molar-refractivity contribution is 0.0651. The van der Waals surface area contributed by atoms with Gasteiger partial charge in [-0.15, -0.1) is 0 Å². The number of amides is 1. The van der Waals surface area contributed by atoms with Crippen molar-refractivity contribution in [2.24, 2.45) is 11.8 Å². The number of H-pyrrole nitrogens is 1. The Bertz CT molecular complexity index is 976. The minimum Gasteiger partial charge on any atom is -0.477 e. The lowest BCUT2D eigenvalue weighted by Crippen LogP contribution is -2.34. The number of carboxylic acids is 2. The maximum absolute atomic E-state index is 12.4. The number of aryl methyl sites for hydroxylation is 1. The Balaban J connectivity index is 1.41. The van der Waals surface area contributed by atoms with Gasteiger partial charge in [0.2, 0.25) is 0 Å². The fourth-order valence-electron chi connectivity index (χ4n) is 3.58. The van der Waals surface area contributed by atoms with Gasteiger partial charge in [-0.05, 0) is 6.92 Å². The average Bonchev–Trinajstić information content (AvgIpc) is 3.06. The summed E-state index contributed by atoms with van der Waals surface area (Å²) in [7, 11) is 0. The third-order valence-corrected chi connectivity index (χ3v) is 7.11. The highest BCUT2D eigenvalue weighted by molar-refractivity contribution is 7.17.